The predicted octanol–water partition coefficient (Wildman–Crippen LogP) is 4.31. The van der Waals surface area contributed by atoms with Gasteiger partial charge in [0.1, 0.15) is 10.4 Å². The lowest BCUT2D eigenvalue weighted by Crippen LogP contribution is -2.17. The van der Waals surface area contributed by atoms with Crippen LogP contribution in [0.5, 0.6) is 0 Å². The van der Waals surface area contributed by atoms with Crippen LogP contribution in [-0.2, 0) is 0 Å². The van der Waals surface area contributed by atoms with Crippen molar-refractivity contribution in [3.63, 3.8) is 0 Å². The van der Waals surface area contributed by atoms with Crippen LogP contribution in [-0.4, -0.2) is 11.5 Å². The lowest BCUT2D eigenvalue weighted by Gasteiger charge is -2.22. The molecule has 0 amide bonds. The molecule has 3 heteroatoms. The number of hydrogen-bond donors (Lipinski definition) is 0. The van der Waals surface area contributed by atoms with Crippen LogP contribution in [0, 0.1) is 6.92 Å². The monoisotopic (exact) mass is 290 g/mol. The van der Waals surface area contributed by atoms with Crippen molar-refractivity contribution in [2.24, 2.45) is 0 Å². The summed E-state index contributed by atoms with van der Waals surface area (Å²) in [5.41, 5.74) is 2.44. The van der Waals surface area contributed by atoms with Gasteiger partial charge in [0.05, 0.1) is 0 Å². The molecule has 0 radical (unpaired) electrons. The number of benzene rings is 1. The van der Waals surface area contributed by atoms with Gasteiger partial charge in [-0.1, -0.05) is 18.2 Å². The Labute approximate surface area is 110 Å². The Morgan fingerprint density at radius 1 is 1.18 bits per heavy atom. The average molecular weight is 291 g/mol. The molecule has 2 nitrogen and oxygen atoms in total. The summed E-state index contributed by atoms with van der Waals surface area (Å²) >= 11 is 3.41. The van der Waals surface area contributed by atoms with E-state index in [1.54, 1.807) is 0 Å². The van der Waals surface area contributed by atoms with Crippen molar-refractivity contribution < 1.29 is 0 Å². The fraction of sp³-hybridized carbons (Fsp3) is 0.214. The fourth-order valence-electron chi connectivity index (χ4n) is 1.82. The Morgan fingerprint density at radius 2 is 1.94 bits per heavy atom. The smallest absolute Gasteiger partial charge is 0.134 e. The molecule has 1 aromatic carbocycles. The molecule has 0 N–H and O–H groups in total. The number of rotatable bonds is 3. The first-order valence-electron chi connectivity index (χ1n) is 5.67. The number of aryl methyl sites for hydroxylation is 1. The minimum absolute atomic E-state index is 0.862. The molecule has 17 heavy (non-hydrogen) atoms. The van der Waals surface area contributed by atoms with Crippen molar-refractivity contribution in [1.29, 1.82) is 0 Å². The van der Waals surface area contributed by atoms with Crippen LogP contribution >= 0.6 is 15.9 Å². The van der Waals surface area contributed by atoms with E-state index < -0.39 is 0 Å². The third-order valence-electron chi connectivity index (χ3n) is 2.61. The van der Waals surface area contributed by atoms with E-state index in [-0.39, 0.29) is 0 Å². The highest BCUT2D eigenvalue weighted by Gasteiger charge is 2.08. The normalized spacial score (nSPS) is 10.3. The number of nitrogens with zero attached hydrogens (tertiary/aromatic N) is 2. The summed E-state index contributed by atoms with van der Waals surface area (Å²) in [5, 5.41) is 0. The van der Waals surface area contributed by atoms with Gasteiger partial charge in [-0.2, -0.15) is 0 Å². The molecule has 0 unspecified atom stereocenters. The van der Waals surface area contributed by atoms with E-state index in [0.29, 0.717) is 0 Å². The van der Waals surface area contributed by atoms with Gasteiger partial charge in [0.2, 0.25) is 0 Å². The molecule has 2 aromatic rings. The van der Waals surface area contributed by atoms with Gasteiger partial charge in [-0.3, -0.25) is 0 Å². The van der Waals surface area contributed by atoms with E-state index >= 15 is 0 Å². The van der Waals surface area contributed by atoms with Gasteiger partial charge in [-0.25, -0.2) is 4.98 Å². The Balaban J connectivity index is 2.40. The number of hydrogen-bond acceptors (Lipinski definition) is 2. The highest BCUT2D eigenvalue weighted by Crippen LogP contribution is 2.25. The van der Waals surface area contributed by atoms with Crippen molar-refractivity contribution in [3.05, 3.63) is 52.6 Å². The zero-order valence-electron chi connectivity index (χ0n) is 10.0. The Hall–Kier alpha value is -1.35. The summed E-state index contributed by atoms with van der Waals surface area (Å²) in [6, 6.07) is 14.4. The third kappa shape index (κ3) is 2.86. The summed E-state index contributed by atoms with van der Waals surface area (Å²) in [4.78, 5) is 6.69. The molecule has 0 saturated heterocycles. The standard InChI is InChI=1S/C14H15BrN2/c1-3-17(12-7-4-6-11(2)10-12)14-9-5-8-13(15)16-14/h4-10H,3H2,1-2H3. The summed E-state index contributed by atoms with van der Waals surface area (Å²) in [7, 11) is 0. The van der Waals surface area contributed by atoms with Gasteiger partial charge >= 0.3 is 0 Å². The maximum absolute atomic E-state index is 4.49. The number of anilines is 2. The van der Waals surface area contributed by atoms with Crippen LogP contribution in [0.2, 0.25) is 0 Å². The third-order valence-corrected chi connectivity index (χ3v) is 3.05. The van der Waals surface area contributed by atoms with Crippen LogP contribution in [0.15, 0.2) is 47.1 Å². The molecule has 1 heterocycles. The van der Waals surface area contributed by atoms with Gasteiger partial charge in [0, 0.05) is 12.2 Å². The molecule has 1 aromatic heterocycles. The molecule has 0 bridgehead atoms. The zero-order chi connectivity index (χ0) is 12.3. The SMILES string of the molecule is CCN(c1cccc(C)c1)c1cccc(Br)n1. The van der Waals surface area contributed by atoms with E-state index in [4.69, 9.17) is 0 Å². The number of pyridine rings is 1. The molecule has 0 aliphatic carbocycles. The largest absolute Gasteiger partial charge is 0.327 e. The van der Waals surface area contributed by atoms with Gasteiger partial charge in [0.15, 0.2) is 0 Å². The Morgan fingerprint density at radius 3 is 2.59 bits per heavy atom. The molecule has 0 aliphatic rings. The summed E-state index contributed by atoms with van der Waals surface area (Å²) in [6.07, 6.45) is 0. The minimum Gasteiger partial charge on any atom is -0.327 e. The molecule has 88 valence electrons. The van der Waals surface area contributed by atoms with Crippen LogP contribution in [0.1, 0.15) is 12.5 Å². The highest BCUT2D eigenvalue weighted by molar-refractivity contribution is 9.10. The molecule has 0 atom stereocenters. The first kappa shape index (κ1) is 12.1. The second kappa shape index (κ2) is 5.32. The van der Waals surface area contributed by atoms with Crippen LogP contribution in [0.4, 0.5) is 11.5 Å². The van der Waals surface area contributed by atoms with E-state index in [1.807, 2.05) is 18.2 Å². The lowest BCUT2D eigenvalue weighted by molar-refractivity contribution is 0.983. The summed E-state index contributed by atoms with van der Waals surface area (Å²) in [5.74, 6) is 0.965. The van der Waals surface area contributed by atoms with Gasteiger partial charge in [-0.05, 0) is 59.6 Å². The van der Waals surface area contributed by atoms with Crippen molar-refractivity contribution in [1.82, 2.24) is 4.98 Å². The second-order valence-corrected chi connectivity index (χ2v) is 4.71. The van der Waals surface area contributed by atoms with Gasteiger partial charge in [0.25, 0.3) is 0 Å². The van der Waals surface area contributed by atoms with Crippen LogP contribution in [0.25, 0.3) is 0 Å². The first-order chi connectivity index (χ1) is 8.20. The molecule has 0 spiro atoms. The van der Waals surface area contributed by atoms with Crippen LogP contribution < -0.4 is 4.90 Å². The van der Waals surface area contributed by atoms with E-state index in [9.17, 15) is 0 Å². The van der Waals surface area contributed by atoms with Crippen molar-refractivity contribution >= 4 is 27.4 Å². The molecule has 0 aliphatic heterocycles. The van der Waals surface area contributed by atoms with E-state index in [2.05, 4.69) is 63.9 Å². The molecular formula is C14H15BrN2. The molecular weight excluding hydrogens is 276 g/mol. The summed E-state index contributed by atoms with van der Waals surface area (Å²) < 4.78 is 0.862. The Kier molecular flexibility index (Phi) is 3.79. The average Bonchev–Trinajstić information content (AvgIpc) is 2.30. The topological polar surface area (TPSA) is 16.1 Å². The van der Waals surface area contributed by atoms with Gasteiger partial charge in [-0.15, -0.1) is 0 Å². The fourth-order valence-corrected chi connectivity index (χ4v) is 2.15. The minimum atomic E-state index is 0.862. The van der Waals surface area contributed by atoms with Gasteiger partial charge < -0.3 is 4.90 Å². The lowest BCUT2D eigenvalue weighted by atomic mass is 10.2. The summed E-state index contributed by atoms with van der Waals surface area (Å²) in [6.45, 7) is 5.13. The van der Waals surface area contributed by atoms with E-state index in [1.165, 1.54) is 11.3 Å². The predicted molar refractivity (Wildman–Crippen MR) is 75.8 cm³/mol. The maximum atomic E-state index is 4.49. The molecule has 2 rings (SSSR count). The first-order valence-corrected chi connectivity index (χ1v) is 6.47. The molecule has 0 saturated carbocycles. The van der Waals surface area contributed by atoms with Crippen molar-refractivity contribution in [2.75, 3.05) is 11.4 Å². The second-order valence-electron chi connectivity index (χ2n) is 3.90. The van der Waals surface area contributed by atoms with Crippen molar-refractivity contribution in [2.45, 2.75) is 13.8 Å². The Bertz CT molecular complexity index is 466. The molecule has 0 fully saturated rings. The van der Waals surface area contributed by atoms with Crippen molar-refractivity contribution in [3.8, 4) is 0 Å². The van der Waals surface area contributed by atoms with Crippen LogP contribution in [0.3, 0.4) is 0 Å². The van der Waals surface area contributed by atoms with E-state index in [0.717, 1.165) is 17.0 Å². The zero-order valence-corrected chi connectivity index (χ0v) is 11.6. The number of aromatic nitrogens is 1. The number of halogens is 1. The quantitative estimate of drug-likeness (QED) is 0.783. The highest BCUT2D eigenvalue weighted by atomic mass is 79.9. The maximum Gasteiger partial charge on any atom is 0.134 e.